The van der Waals surface area contributed by atoms with E-state index < -0.39 is 0 Å². The molecule has 3 heteroatoms. The molecule has 2 heterocycles. The summed E-state index contributed by atoms with van der Waals surface area (Å²) in [6.07, 6.45) is 12.3. The summed E-state index contributed by atoms with van der Waals surface area (Å²) in [4.78, 5) is 12.5. The molecule has 0 saturated heterocycles. The van der Waals surface area contributed by atoms with Crippen LogP contribution in [0.15, 0.2) is 75.0 Å². The summed E-state index contributed by atoms with van der Waals surface area (Å²) in [5, 5.41) is 0. The molecule has 0 bridgehead atoms. The maximum atomic E-state index is 12.5. The summed E-state index contributed by atoms with van der Waals surface area (Å²) in [5.41, 5.74) is 1.68. The predicted octanol–water partition coefficient (Wildman–Crippen LogP) is 4.98. The van der Waals surface area contributed by atoms with Crippen LogP contribution in [0, 0.1) is 5.41 Å². The standard InChI is InChI=1S/C20H20O3/c1-20(2)14-15(7-8-16-5-3-11-22-16)13-19(21)18(20)10-9-17-6-4-12-23-17/h3-8,10-13H,9,14H2,1-2H3/b8-7+,18-10?. The normalized spacial score (nSPS) is 19.5. The molecular weight excluding hydrogens is 288 g/mol. The van der Waals surface area contributed by atoms with Crippen molar-refractivity contribution in [1.82, 2.24) is 0 Å². The van der Waals surface area contributed by atoms with Crippen molar-refractivity contribution in [3.63, 3.8) is 0 Å². The highest BCUT2D eigenvalue weighted by Crippen LogP contribution is 2.39. The number of furan rings is 2. The van der Waals surface area contributed by atoms with Gasteiger partial charge in [0, 0.05) is 12.0 Å². The second kappa shape index (κ2) is 6.29. The highest BCUT2D eigenvalue weighted by molar-refractivity contribution is 6.06. The molecule has 0 atom stereocenters. The van der Waals surface area contributed by atoms with Gasteiger partial charge in [0.15, 0.2) is 5.78 Å². The molecule has 3 rings (SSSR count). The van der Waals surface area contributed by atoms with E-state index in [9.17, 15) is 4.79 Å². The lowest BCUT2D eigenvalue weighted by Crippen LogP contribution is -2.25. The minimum atomic E-state index is -0.193. The second-order valence-corrected chi connectivity index (χ2v) is 6.39. The summed E-state index contributed by atoms with van der Waals surface area (Å²) in [6, 6.07) is 7.52. The molecule has 1 aliphatic carbocycles. The molecule has 0 amide bonds. The van der Waals surface area contributed by atoms with Gasteiger partial charge < -0.3 is 8.83 Å². The van der Waals surface area contributed by atoms with Gasteiger partial charge in [-0.05, 0) is 53.8 Å². The lowest BCUT2D eigenvalue weighted by atomic mass is 9.72. The number of rotatable bonds is 4. The van der Waals surface area contributed by atoms with Crippen LogP contribution in [0.4, 0.5) is 0 Å². The summed E-state index contributed by atoms with van der Waals surface area (Å²) >= 11 is 0. The molecule has 0 radical (unpaired) electrons. The van der Waals surface area contributed by atoms with E-state index in [2.05, 4.69) is 13.8 Å². The van der Waals surface area contributed by atoms with Gasteiger partial charge >= 0.3 is 0 Å². The van der Waals surface area contributed by atoms with Gasteiger partial charge in [0.1, 0.15) is 11.5 Å². The fourth-order valence-corrected chi connectivity index (χ4v) is 2.93. The highest BCUT2D eigenvalue weighted by Gasteiger charge is 2.32. The smallest absolute Gasteiger partial charge is 0.182 e. The van der Waals surface area contributed by atoms with Crippen LogP contribution in [0.5, 0.6) is 0 Å². The minimum Gasteiger partial charge on any atom is -0.469 e. The Morgan fingerprint density at radius 3 is 2.57 bits per heavy atom. The molecule has 3 nitrogen and oxygen atoms in total. The van der Waals surface area contributed by atoms with Crippen LogP contribution in [0.1, 0.15) is 31.8 Å². The molecule has 0 saturated carbocycles. The van der Waals surface area contributed by atoms with Gasteiger partial charge in [0.2, 0.25) is 0 Å². The lowest BCUT2D eigenvalue weighted by Gasteiger charge is -2.31. The maximum Gasteiger partial charge on any atom is 0.182 e. The quantitative estimate of drug-likeness (QED) is 0.748. The summed E-state index contributed by atoms with van der Waals surface area (Å²) in [5.74, 6) is 1.73. The van der Waals surface area contributed by atoms with Crippen LogP contribution in [0.25, 0.3) is 6.08 Å². The molecule has 2 aromatic rings. The summed E-state index contributed by atoms with van der Waals surface area (Å²) in [6.45, 7) is 4.21. The third-order valence-electron chi connectivity index (χ3n) is 4.05. The Kier molecular flexibility index (Phi) is 4.20. The average Bonchev–Trinajstić information content (AvgIpc) is 3.17. The first-order valence-electron chi connectivity index (χ1n) is 7.74. The van der Waals surface area contributed by atoms with Gasteiger partial charge in [0.05, 0.1) is 12.5 Å². The molecule has 0 aliphatic heterocycles. The van der Waals surface area contributed by atoms with E-state index in [1.165, 1.54) is 0 Å². The van der Waals surface area contributed by atoms with E-state index >= 15 is 0 Å². The van der Waals surface area contributed by atoms with Gasteiger partial charge in [-0.1, -0.05) is 26.0 Å². The number of ketones is 1. The zero-order valence-corrected chi connectivity index (χ0v) is 13.4. The SMILES string of the molecule is CC1(C)CC(/C=C/c2ccco2)=CC(=O)C1=CCc1ccco1. The molecule has 1 aliphatic rings. The highest BCUT2D eigenvalue weighted by atomic mass is 16.3. The van der Waals surface area contributed by atoms with Crippen molar-refractivity contribution in [2.24, 2.45) is 5.41 Å². The third kappa shape index (κ3) is 3.62. The molecule has 23 heavy (non-hydrogen) atoms. The number of carbonyl (C=O) groups excluding carboxylic acids is 1. The van der Waals surface area contributed by atoms with E-state index in [0.717, 1.165) is 29.1 Å². The first kappa shape index (κ1) is 15.3. The lowest BCUT2D eigenvalue weighted by molar-refractivity contribution is -0.112. The molecule has 0 aromatic carbocycles. The number of allylic oxidation sites excluding steroid dienone is 5. The molecule has 0 spiro atoms. The van der Waals surface area contributed by atoms with Crippen molar-refractivity contribution in [1.29, 1.82) is 0 Å². The van der Waals surface area contributed by atoms with Crippen molar-refractivity contribution < 1.29 is 13.6 Å². The van der Waals surface area contributed by atoms with Crippen LogP contribution in [0.2, 0.25) is 0 Å². The van der Waals surface area contributed by atoms with Crippen molar-refractivity contribution in [2.75, 3.05) is 0 Å². The van der Waals surface area contributed by atoms with E-state index in [0.29, 0.717) is 6.42 Å². The van der Waals surface area contributed by atoms with Gasteiger partial charge in [-0.3, -0.25) is 4.79 Å². The molecular formula is C20H20O3. The summed E-state index contributed by atoms with van der Waals surface area (Å²) < 4.78 is 10.6. The molecule has 118 valence electrons. The predicted molar refractivity (Wildman–Crippen MR) is 89.7 cm³/mol. The number of carbonyl (C=O) groups is 1. The average molecular weight is 308 g/mol. The monoisotopic (exact) mass is 308 g/mol. The van der Waals surface area contributed by atoms with E-state index in [1.54, 1.807) is 18.6 Å². The summed E-state index contributed by atoms with van der Waals surface area (Å²) in [7, 11) is 0. The number of hydrogen-bond acceptors (Lipinski definition) is 3. The number of hydrogen-bond donors (Lipinski definition) is 0. The molecule has 0 unspecified atom stereocenters. The van der Waals surface area contributed by atoms with Crippen molar-refractivity contribution in [3.8, 4) is 0 Å². The Bertz CT molecular complexity index is 754. The van der Waals surface area contributed by atoms with Gasteiger partial charge in [-0.2, -0.15) is 0 Å². The largest absolute Gasteiger partial charge is 0.469 e. The Morgan fingerprint density at radius 1 is 1.13 bits per heavy atom. The fraction of sp³-hybridized carbons (Fsp3) is 0.250. The van der Waals surface area contributed by atoms with E-state index in [1.807, 2.05) is 42.5 Å². The Morgan fingerprint density at radius 2 is 1.91 bits per heavy atom. The van der Waals surface area contributed by atoms with Crippen LogP contribution in [-0.2, 0) is 11.2 Å². The molecule has 0 fully saturated rings. The van der Waals surface area contributed by atoms with E-state index in [-0.39, 0.29) is 11.2 Å². The van der Waals surface area contributed by atoms with Crippen LogP contribution in [0.3, 0.4) is 0 Å². The van der Waals surface area contributed by atoms with Gasteiger partial charge in [-0.25, -0.2) is 0 Å². The minimum absolute atomic E-state index is 0.0758. The van der Waals surface area contributed by atoms with Crippen molar-refractivity contribution >= 4 is 11.9 Å². The molecule has 2 aromatic heterocycles. The Labute approximate surface area is 136 Å². The van der Waals surface area contributed by atoms with Crippen LogP contribution >= 0.6 is 0 Å². The van der Waals surface area contributed by atoms with E-state index in [4.69, 9.17) is 8.83 Å². The fourth-order valence-electron chi connectivity index (χ4n) is 2.93. The maximum absolute atomic E-state index is 12.5. The second-order valence-electron chi connectivity index (χ2n) is 6.39. The zero-order valence-electron chi connectivity index (χ0n) is 13.4. The van der Waals surface area contributed by atoms with Crippen molar-refractivity contribution in [2.45, 2.75) is 26.7 Å². The topological polar surface area (TPSA) is 43.4 Å². The van der Waals surface area contributed by atoms with Crippen molar-refractivity contribution in [3.05, 3.63) is 77.7 Å². The molecule has 0 N–H and O–H groups in total. The first-order valence-corrected chi connectivity index (χ1v) is 7.74. The van der Waals surface area contributed by atoms with Gasteiger partial charge in [-0.15, -0.1) is 0 Å². The Hall–Kier alpha value is -2.55. The van der Waals surface area contributed by atoms with Gasteiger partial charge in [0.25, 0.3) is 0 Å². The van der Waals surface area contributed by atoms with Crippen LogP contribution < -0.4 is 0 Å². The first-order chi connectivity index (χ1) is 11.0. The zero-order chi connectivity index (χ0) is 16.3. The third-order valence-corrected chi connectivity index (χ3v) is 4.05. The Balaban J connectivity index is 1.79. The van der Waals surface area contributed by atoms with Crippen LogP contribution in [-0.4, -0.2) is 5.78 Å².